The second kappa shape index (κ2) is 13.8. The van der Waals surface area contributed by atoms with Gasteiger partial charge in [-0.05, 0) is 96.5 Å². The molecule has 0 unspecified atom stereocenters. The smallest absolute Gasteiger partial charge is 0.311 e. The summed E-state index contributed by atoms with van der Waals surface area (Å²) >= 11 is 0. The summed E-state index contributed by atoms with van der Waals surface area (Å²) in [7, 11) is -1.89. The van der Waals surface area contributed by atoms with Gasteiger partial charge in [0.15, 0.2) is 0 Å². The maximum absolute atomic E-state index is 13.2. The fourth-order valence-corrected chi connectivity index (χ4v) is 10.3. The molecule has 0 aromatic heterocycles. The van der Waals surface area contributed by atoms with E-state index in [0.29, 0.717) is 12.2 Å². The van der Waals surface area contributed by atoms with Gasteiger partial charge >= 0.3 is 5.97 Å². The van der Waals surface area contributed by atoms with Gasteiger partial charge in [0.25, 0.3) is 0 Å². The van der Waals surface area contributed by atoms with Gasteiger partial charge in [-0.25, -0.2) is 0 Å². The van der Waals surface area contributed by atoms with Crippen molar-refractivity contribution in [2.24, 2.45) is 0 Å². The Kier molecular flexibility index (Phi) is 9.67. The van der Waals surface area contributed by atoms with Gasteiger partial charge in [0.05, 0.1) is 6.16 Å². The molecule has 0 aliphatic rings. The molecule has 212 valence electrons. The summed E-state index contributed by atoms with van der Waals surface area (Å²) in [6.07, 6.45) is 3.12. The molecule has 5 aromatic rings. The lowest BCUT2D eigenvalue weighted by Gasteiger charge is -2.27. The number of carbonyl (C=O) groups is 1. The molecule has 3 heteroatoms. The topological polar surface area (TPSA) is 26.3 Å². The lowest BCUT2D eigenvalue weighted by Crippen LogP contribution is -2.33. The molecule has 5 rings (SSSR count). The van der Waals surface area contributed by atoms with E-state index in [1.165, 1.54) is 27.0 Å². The van der Waals surface area contributed by atoms with E-state index in [2.05, 4.69) is 142 Å². The van der Waals surface area contributed by atoms with Gasteiger partial charge in [-0.2, -0.15) is 0 Å². The zero-order valence-corrected chi connectivity index (χ0v) is 25.8. The lowest BCUT2D eigenvalue weighted by atomic mass is 9.93. The summed E-state index contributed by atoms with van der Waals surface area (Å²) in [6, 6.07) is 47.4. The highest BCUT2D eigenvalue weighted by molar-refractivity contribution is 7.95. The third-order valence-electron chi connectivity index (χ3n) is 8.00. The Morgan fingerprint density at radius 1 is 0.667 bits per heavy atom. The summed E-state index contributed by atoms with van der Waals surface area (Å²) < 4.78 is 6.03. The lowest BCUT2D eigenvalue weighted by molar-refractivity contribution is -0.134. The first-order valence-electron chi connectivity index (χ1n) is 14.9. The van der Waals surface area contributed by atoms with E-state index in [-0.39, 0.29) is 11.9 Å². The van der Waals surface area contributed by atoms with E-state index in [1.807, 2.05) is 12.1 Å². The second-order valence-corrected chi connectivity index (χ2v) is 14.8. The van der Waals surface area contributed by atoms with Crippen molar-refractivity contribution in [1.82, 2.24) is 0 Å². The van der Waals surface area contributed by atoms with Gasteiger partial charge in [0, 0.05) is 6.42 Å². The van der Waals surface area contributed by atoms with Gasteiger partial charge in [0.2, 0.25) is 0 Å². The monoisotopic (exact) mass is 571 g/mol. The van der Waals surface area contributed by atoms with Crippen LogP contribution in [0.1, 0.15) is 50.2 Å². The normalized spacial score (nSPS) is 11.4. The van der Waals surface area contributed by atoms with E-state index >= 15 is 0 Å². The Bertz CT molecular complexity index is 1480. The standard InChI is InChI=1S/C39H40O2P/c1-30(2)36-29-37(32-18-8-4-9-19-32)31(3)28-38(36)41-39(40)26-16-17-27-42(33-20-10-5-11-21-33,34-22-12-6-13-23-34)35-24-14-7-15-25-35/h4-15,18-25,28-30H,16-17,26-27H2,1-3H3/q+1. The molecule has 0 N–H and O–H groups in total. The Labute approximate surface area is 251 Å². The van der Waals surface area contributed by atoms with Crippen LogP contribution in [0.5, 0.6) is 5.75 Å². The van der Waals surface area contributed by atoms with Crippen molar-refractivity contribution in [2.75, 3.05) is 6.16 Å². The largest absolute Gasteiger partial charge is 0.426 e. The minimum absolute atomic E-state index is 0.160. The first-order chi connectivity index (χ1) is 20.5. The van der Waals surface area contributed by atoms with Crippen molar-refractivity contribution < 1.29 is 9.53 Å². The predicted molar refractivity (Wildman–Crippen MR) is 180 cm³/mol. The minimum atomic E-state index is -1.89. The van der Waals surface area contributed by atoms with Crippen LogP contribution in [0.2, 0.25) is 0 Å². The van der Waals surface area contributed by atoms with Crippen LogP contribution in [0, 0.1) is 6.92 Å². The van der Waals surface area contributed by atoms with Crippen LogP contribution in [0.3, 0.4) is 0 Å². The molecule has 0 saturated heterocycles. The summed E-state index contributed by atoms with van der Waals surface area (Å²) in [5, 5.41) is 4.13. The fraction of sp³-hybridized carbons (Fsp3) is 0.205. The number of hydrogen-bond donors (Lipinski definition) is 0. The van der Waals surface area contributed by atoms with Gasteiger partial charge in [-0.15, -0.1) is 0 Å². The summed E-state index contributed by atoms with van der Waals surface area (Å²) in [6.45, 7) is 6.39. The molecule has 5 aromatic carbocycles. The number of esters is 1. The first-order valence-corrected chi connectivity index (χ1v) is 16.9. The molecule has 0 aliphatic carbocycles. The Balaban J connectivity index is 1.34. The molecule has 0 atom stereocenters. The average Bonchev–Trinajstić information content (AvgIpc) is 3.03. The van der Waals surface area contributed by atoms with Crippen molar-refractivity contribution in [2.45, 2.75) is 46.0 Å². The summed E-state index contributed by atoms with van der Waals surface area (Å²) in [4.78, 5) is 13.2. The van der Waals surface area contributed by atoms with Crippen molar-refractivity contribution in [3.05, 3.63) is 145 Å². The van der Waals surface area contributed by atoms with Crippen molar-refractivity contribution in [1.29, 1.82) is 0 Å². The average molecular weight is 572 g/mol. The van der Waals surface area contributed by atoms with Gasteiger partial charge in [-0.3, -0.25) is 4.79 Å². The number of carbonyl (C=O) groups excluding carboxylic acids is 1. The predicted octanol–water partition coefficient (Wildman–Crippen LogP) is 8.86. The number of benzene rings is 5. The zero-order valence-electron chi connectivity index (χ0n) is 24.9. The zero-order chi connectivity index (χ0) is 29.4. The SMILES string of the molecule is Cc1cc(OC(=O)CCCC[P+](c2ccccc2)(c2ccccc2)c2ccccc2)c(C(C)C)cc1-c1ccccc1. The van der Waals surface area contributed by atoms with E-state index in [1.54, 1.807) is 0 Å². The first kappa shape index (κ1) is 29.5. The Hall–Kier alpha value is -4.00. The number of unbranched alkanes of at least 4 members (excludes halogenated alkanes) is 1. The van der Waals surface area contributed by atoms with Crippen LogP contribution < -0.4 is 20.7 Å². The summed E-state index contributed by atoms with van der Waals surface area (Å²) in [5.41, 5.74) is 4.53. The molecular weight excluding hydrogens is 531 g/mol. The maximum Gasteiger partial charge on any atom is 0.311 e. The number of hydrogen-bond acceptors (Lipinski definition) is 2. The molecule has 0 aliphatic heterocycles. The molecular formula is C39H40O2P+. The Morgan fingerprint density at radius 2 is 1.14 bits per heavy atom. The highest BCUT2D eigenvalue weighted by Crippen LogP contribution is 2.56. The maximum atomic E-state index is 13.2. The molecule has 0 saturated carbocycles. The van der Waals surface area contributed by atoms with Crippen molar-refractivity contribution in [3.63, 3.8) is 0 Å². The van der Waals surface area contributed by atoms with Crippen LogP contribution in [0.25, 0.3) is 11.1 Å². The van der Waals surface area contributed by atoms with Crippen LogP contribution in [-0.4, -0.2) is 12.1 Å². The quantitative estimate of drug-likeness (QED) is 0.0685. The van der Waals surface area contributed by atoms with Gasteiger partial charge in [-0.1, -0.05) is 98.8 Å². The van der Waals surface area contributed by atoms with E-state index in [9.17, 15) is 4.79 Å². The third-order valence-corrected chi connectivity index (χ3v) is 12.5. The van der Waals surface area contributed by atoms with Crippen LogP contribution in [0.4, 0.5) is 0 Å². The Morgan fingerprint density at radius 3 is 1.62 bits per heavy atom. The molecule has 0 radical (unpaired) electrons. The number of aryl methyl sites for hydroxylation is 1. The molecule has 0 heterocycles. The molecule has 2 nitrogen and oxygen atoms in total. The van der Waals surface area contributed by atoms with Crippen LogP contribution in [-0.2, 0) is 4.79 Å². The molecule has 0 amide bonds. The van der Waals surface area contributed by atoms with Gasteiger partial charge in [0.1, 0.15) is 28.9 Å². The second-order valence-electron chi connectivity index (χ2n) is 11.2. The molecule has 0 fully saturated rings. The van der Waals surface area contributed by atoms with E-state index in [4.69, 9.17) is 4.74 Å². The molecule has 0 bridgehead atoms. The highest BCUT2D eigenvalue weighted by Gasteiger charge is 2.44. The third kappa shape index (κ3) is 6.56. The van der Waals surface area contributed by atoms with E-state index < -0.39 is 7.26 Å². The number of rotatable bonds is 11. The van der Waals surface area contributed by atoms with Gasteiger partial charge < -0.3 is 4.74 Å². The number of ether oxygens (including phenoxy) is 1. The van der Waals surface area contributed by atoms with Crippen LogP contribution in [0.15, 0.2) is 133 Å². The van der Waals surface area contributed by atoms with Crippen LogP contribution >= 0.6 is 7.26 Å². The van der Waals surface area contributed by atoms with Crippen molar-refractivity contribution in [3.8, 4) is 16.9 Å². The minimum Gasteiger partial charge on any atom is -0.426 e. The molecule has 42 heavy (non-hydrogen) atoms. The highest BCUT2D eigenvalue weighted by atomic mass is 31.2. The summed E-state index contributed by atoms with van der Waals surface area (Å²) in [5.74, 6) is 0.766. The van der Waals surface area contributed by atoms with E-state index in [0.717, 1.165) is 30.1 Å². The molecule has 0 spiro atoms. The fourth-order valence-electron chi connectivity index (χ4n) is 5.84. The van der Waals surface area contributed by atoms with Crippen molar-refractivity contribution >= 4 is 29.1 Å².